The van der Waals surface area contributed by atoms with E-state index in [2.05, 4.69) is 11.6 Å². The van der Waals surface area contributed by atoms with Crippen LogP contribution in [0.4, 0.5) is 0 Å². The summed E-state index contributed by atoms with van der Waals surface area (Å²) in [5, 5.41) is 0.796. The lowest BCUT2D eigenvalue weighted by Crippen LogP contribution is -2.05. The third-order valence-corrected chi connectivity index (χ3v) is 2.27. The van der Waals surface area contributed by atoms with Crippen molar-refractivity contribution in [3.63, 3.8) is 0 Å². The van der Waals surface area contributed by atoms with Gasteiger partial charge in [0.25, 0.3) is 0 Å². The summed E-state index contributed by atoms with van der Waals surface area (Å²) in [6.07, 6.45) is 2.55. The Morgan fingerprint density at radius 3 is 2.88 bits per heavy atom. The van der Waals surface area contributed by atoms with Crippen LogP contribution in [0.3, 0.4) is 0 Å². The van der Waals surface area contributed by atoms with Crippen LogP contribution in [-0.2, 0) is 4.79 Å². The van der Waals surface area contributed by atoms with Gasteiger partial charge in [0.1, 0.15) is 0 Å². The molecule has 0 aliphatic heterocycles. The molecule has 0 aliphatic rings. The fraction of sp³-hybridized carbons (Fsp3) is 0.0769. The lowest BCUT2D eigenvalue weighted by Gasteiger charge is -2.09. The highest BCUT2D eigenvalue weighted by atomic mass is 16.6. The zero-order valence-corrected chi connectivity index (χ0v) is 9.34. The standard InChI is InChI=1S/C13H11NO3/c1-3-12(15)17-11-8-14-10-7-5-4-6-9(10)13(11)16-2/h3-8H,1H2,2H3. The number of esters is 1. The average molecular weight is 229 g/mol. The lowest BCUT2D eigenvalue weighted by molar-refractivity contribution is -0.129. The molecule has 0 bridgehead atoms. The van der Waals surface area contributed by atoms with E-state index in [0.717, 1.165) is 17.0 Å². The van der Waals surface area contributed by atoms with E-state index >= 15 is 0 Å². The fourth-order valence-corrected chi connectivity index (χ4v) is 1.53. The van der Waals surface area contributed by atoms with Gasteiger partial charge in [-0.05, 0) is 12.1 Å². The molecule has 17 heavy (non-hydrogen) atoms. The molecule has 0 radical (unpaired) electrons. The highest BCUT2D eigenvalue weighted by molar-refractivity contribution is 5.90. The smallest absolute Gasteiger partial charge is 0.335 e. The first-order valence-corrected chi connectivity index (χ1v) is 5.02. The molecular formula is C13H11NO3. The molecule has 0 amide bonds. The fourth-order valence-electron chi connectivity index (χ4n) is 1.53. The number of rotatable bonds is 3. The van der Waals surface area contributed by atoms with E-state index < -0.39 is 5.97 Å². The summed E-state index contributed by atoms with van der Waals surface area (Å²) in [6, 6.07) is 7.46. The van der Waals surface area contributed by atoms with Crippen LogP contribution in [-0.4, -0.2) is 18.1 Å². The van der Waals surface area contributed by atoms with Crippen molar-refractivity contribution < 1.29 is 14.3 Å². The summed E-state index contributed by atoms with van der Waals surface area (Å²) >= 11 is 0. The number of pyridine rings is 1. The highest BCUT2D eigenvalue weighted by Gasteiger charge is 2.12. The van der Waals surface area contributed by atoms with Gasteiger partial charge in [-0.25, -0.2) is 4.79 Å². The van der Waals surface area contributed by atoms with Gasteiger partial charge in [-0.3, -0.25) is 4.98 Å². The van der Waals surface area contributed by atoms with Gasteiger partial charge in [0, 0.05) is 11.5 Å². The first-order valence-electron chi connectivity index (χ1n) is 5.02. The van der Waals surface area contributed by atoms with Crippen molar-refractivity contribution >= 4 is 16.9 Å². The van der Waals surface area contributed by atoms with E-state index in [4.69, 9.17) is 9.47 Å². The van der Waals surface area contributed by atoms with Gasteiger partial charge < -0.3 is 9.47 Å². The first kappa shape index (κ1) is 11.1. The molecule has 1 aromatic carbocycles. The molecule has 0 saturated carbocycles. The van der Waals surface area contributed by atoms with Crippen molar-refractivity contribution in [1.82, 2.24) is 4.98 Å². The van der Waals surface area contributed by atoms with Gasteiger partial charge >= 0.3 is 5.97 Å². The number of carbonyl (C=O) groups is 1. The van der Waals surface area contributed by atoms with Gasteiger partial charge in [-0.2, -0.15) is 0 Å². The summed E-state index contributed by atoms with van der Waals surface area (Å²) in [5.74, 6) is 0.238. The maximum Gasteiger partial charge on any atom is 0.335 e. The molecule has 4 heteroatoms. The summed E-state index contributed by atoms with van der Waals surface area (Å²) < 4.78 is 10.3. The largest absolute Gasteiger partial charge is 0.492 e. The minimum atomic E-state index is -0.541. The van der Waals surface area contributed by atoms with Crippen molar-refractivity contribution in [2.24, 2.45) is 0 Å². The molecule has 1 aromatic heterocycles. The maximum atomic E-state index is 11.2. The van der Waals surface area contributed by atoms with E-state index in [9.17, 15) is 4.79 Å². The maximum absolute atomic E-state index is 11.2. The normalized spacial score (nSPS) is 9.94. The number of fused-ring (bicyclic) bond motifs is 1. The molecule has 0 aliphatic carbocycles. The molecule has 0 spiro atoms. The van der Waals surface area contributed by atoms with Crippen LogP contribution in [0.15, 0.2) is 43.1 Å². The Bertz CT molecular complexity index is 578. The SMILES string of the molecule is C=CC(=O)Oc1cnc2ccccc2c1OC. The van der Waals surface area contributed by atoms with E-state index in [1.165, 1.54) is 13.3 Å². The summed E-state index contributed by atoms with van der Waals surface area (Å²) in [7, 11) is 1.52. The van der Waals surface area contributed by atoms with Crippen LogP contribution in [0.25, 0.3) is 10.9 Å². The predicted molar refractivity (Wildman–Crippen MR) is 64.1 cm³/mol. The minimum absolute atomic E-state index is 0.288. The Hall–Kier alpha value is -2.36. The summed E-state index contributed by atoms with van der Waals surface area (Å²) in [4.78, 5) is 15.3. The Labute approximate surface area is 98.5 Å². The molecular weight excluding hydrogens is 218 g/mol. The second-order valence-corrected chi connectivity index (χ2v) is 3.30. The Balaban J connectivity index is 2.56. The van der Waals surface area contributed by atoms with E-state index in [0.29, 0.717) is 5.75 Å². The molecule has 1 heterocycles. The Morgan fingerprint density at radius 1 is 1.41 bits per heavy atom. The summed E-state index contributed by atoms with van der Waals surface area (Å²) in [6.45, 7) is 3.34. The molecule has 2 rings (SSSR count). The quantitative estimate of drug-likeness (QED) is 0.598. The van der Waals surface area contributed by atoms with Gasteiger partial charge in [0.2, 0.25) is 0 Å². The number of ether oxygens (including phenoxy) is 2. The number of aromatic nitrogens is 1. The molecule has 0 unspecified atom stereocenters. The molecule has 0 atom stereocenters. The van der Waals surface area contributed by atoms with Crippen molar-refractivity contribution in [1.29, 1.82) is 0 Å². The van der Waals surface area contributed by atoms with Crippen LogP contribution in [0.5, 0.6) is 11.5 Å². The van der Waals surface area contributed by atoms with E-state index in [1.807, 2.05) is 24.3 Å². The lowest BCUT2D eigenvalue weighted by atomic mass is 10.2. The van der Waals surface area contributed by atoms with Crippen molar-refractivity contribution in [2.75, 3.05) is 7.11 Å². The third kappa shape index (κ3) is 2.10. The summed E-state index contributed by atoms with van der Waals surface area (Å²) in [5.41, 5.74) is 0.780. The number of hydrogen-bond acceptors (Lipinski definition) is 4. The van der Waals surface area contributed by atoms with Crippen LogP contribution in [0.2, 0.25) is 0 Å². The van der Waals surface area contributed by atoms with Crippen molar-refractivity contribution in [2.45, 2.75) is 0 Å². The second kappa shape index (κ2) is 4.65. The average Bonchev–Trinajstić information content (AvgIpc) is 2.38. The number of para-hydroxylation sites is 1. The van der Waals surface area contributed by atoms with Gasteiger partial charge in [0.05, 0.1) is 18.8 Å². The second-order valence-electron chi connectivity index (χ2n) is 3.30. The van der Waals surface area contributed by atoms with Gasteiger partial charge in [0.15, 0.2) is 11.5 Å². The number of nitrogens with zero attached hydrogens (tertiary/aromatic N) is 1. The molecule has 86 valence electrons. The van der Waals surface area contributed by atoms with E-state index in [1.54, 1.807) is 0 Å². The zero-order valence-electron chi connectivity index (χ0n) is 9.34. The molecule has 4 nitrogen and oxygen atoms in total. The van der Waals surface area contributed by atoms with Crippen molar-refractivity contribution in [3.8, 4) is 11.5 Å². The highest BCUT2D eigenvalue weighted by Crippen LogP contribution is 2.33. The zero-order chi connectivity index (χ0) is 12.3. The minimum Gasteiger partial charge on any atom is -0.492 e. The van der Waals surface area contributed by atoms with Crippen LogP contribution in [0.1, 0.15) is 0 Å². The number of hydrogen-bond donors (Lipinski definition) is 0. The number of benzene rings is 1. The molecule has 0 N–H and O–H groups in total. The Morgan fingerprint density at radius 2 is 2.18 bits per heavy atom. The monoisotopic (exact) mass is 229 g/mol. The topological polar surface area (TPSA) is 48.4 Å². The van der Waals surface area contributed by atoms with Crippen LogP contribution >= 0.6 is 0 Å². The van der Waals surface area contributed by atoms with Crippen molar-refractivity contribution in [3.05, 3.63) is 43.1 Å². The molecule has 0 saturated heterocycles. The van der Waals surface area contributed by atoms with Crippen LogP contribution < -0.4 is 9.47 Å². The predicted octanol–water partition coefficient (Wildman–Crippen LogP) is 2.33. The number of carbonyl (C=O) groups excluding carboxylic acids is 1. The first-order chi connectivity index (χ1) is 8.26. The molecule has 2 aromatic rings. The van der Waals surface area contributed by atoms with Gasteiger partial charge in [-0.1, -0.05) is 18.7 Å². The number of methoxy groups -OCH3 is 1. The van der Waals surface area contributed by atoms with Crippen LogP contribution in [0, 0.1) is 0 Å². The van der Waals surface area contributed by atoms with Gasteiger partial charge in [-0.15, -0.1) is 0 Å². The molecule has 0 fully saturated rings. The van der Waals surface area contributed by atoms with E-state index in [-0.39, 0.29) is 5.75 Å². The third-order valence-electron chi connectivity index (χ3n) is 2.27. The Kier molecular flexibility index (Phi) is 3.05.